The predicted octanol–water partition coefficient (Wildman–Crippen LogP) is -0.265. The standard InChI is InChI=1S/C11H18N2O6/c1-19-7-2-4-13(5-3-7)11(18)12-8(10(16)17)6-9(14)15/h7-8H,2-6H2,1H3,(H,12,18)(H,14,15)(H,16,17)/t8-/m1/s1. The summed E-state index contributed by atoms with van der Waals surface area (Å²) in [6.45, 7) is 0.924. The fourth-order valence-corrected chi connectivity index (χ4v) is 1.91. The maximum absolute atomic E-state index is 11.8. The van der Waals surface area contributed by atoms with Crippen LogP contribution in [0.2, 0.25) is 0 Å². The fraction of sp³-hybridized carbons (Fsp3) is 0.727. The number of piperidine rings is 1. The molecule has 19 heavy (non-hydrogen) atoms. The summed E-state index contributed by atoms with van der Waals surface area (Å²) in [6.07, 6.45) is 0.829. The summed E-state index contributed by atoms with van der Waals surface area (Å²) in [5.41, 5.74) is 0. The minimum absolute atomic E-state index is 0.110. The molecule has 1 heterocycles. The second kappa shape index (κ2) is 6.93. The quantitative estimate of drug-likeness (QED) is 0.635. The number of carboxylic acid groups (broad SMARTS) is 2. The summed E-state index contributed by atoms with van der Waals surface area (Å²) < 4.78 is 5.16. The molecule has 1 aliphatic rings. The number of carbonyl (C=O) groups is 3. The second-order valence-electron chi connectivity index (χ2n) is 4.36. The zero-order valence-electron chi connectivity index (χ0n) is 10.7. The van der Waals surface area contributed by atoms with Crippen molar-refractivity contribution in [1.29, 1.82) is 0 Å². The Bertz CT molecular complexity index is 351. The zero-order chi connectivity index (χ0) is 14.4. The first-order valence-corrected chi connectivity index (χ1v) is 5.97. The normalized spacial score (nSPS) is 17.8. The van der Waals surface area contributed by atoms with Gasteiger partial charge in [0.25, 0.3) is 0 Å². The maximum atomic E-state index is 11.8. The van der Waals surface area contributed by atoms with Crippen molar-refractivity contribution >= 4 is 18.0 Å². The number of carbonyl (C=O) groups excluding carboxylic acids is 1. The summed E-state index contributed by atoms with van der Waals surface area (Å²) in [5, 5.41) is 19.6. The Morgan fingerprint density at radius 2 is 1.89 bits per heavy atom. The van der Waals surface area contributed by atoms with Crippen molar-refractivity contribution in [3.8, 4) is 0 Å². The number of likely N-dealkylation sites (tertiary alicyclic amines) is 1. The van der Waals surface area contributed by atoms with E-state index in [0.717, 1.165) is 0 Å². The highest BCUT2D eigenvalue weighted by Crippen LogP contribution is 2.13. The molecule has 2 amide bonds. The first-order valence-electron chi connectivity index (χ1n) is 5.97. The molecule has 108 valence electrons. The molecule has 1 fully saturated rings. The maximum Gasteiger partial charge on any atom is 0.326 e. The molecule has 1 atom stereocenters. The summed E-state index contributed by atoms with van der Waals surface area (Å²) in [4.78, 5) is 34.6. The van der Waals surface area contributed by atoms with Gasteiger partial charge in [0.05, 0.1) is 12.5 Å². The van der Waals surface area contributed by atoms with E-state index in [4.69, 9.17) is 14.9 Å². The Morgan fingerprint density at radius 1 is 1.32 bits per heavy atom. The van der Waals surface area contributed by atoms with E-state index < -0.39 is 30.4 Å². The van der Waals surface area contributed by atoms with Crippen molar-refractivity contribution in [1.82, 2.24) is 10.2 Å². The van der Waals surface area contributed by atoms with Gasteiger partial charge in [0.1, 0.15) is 6.04 Å². The number of nitrogens with one attached hydrogen (secondary N) is 1. The van der Waals surface area contributed by atoms with Crippen LogP contribution in [0, 0.1) is 0 Å². The lowest BCUT2D eigenvalue weighted by atomic mass is 10.1. The Morgan fingerprint density at radius 3 is 2.32 bits per heavy atom. The van der Waals surface area contributed by atoms with Crippen molar-refractivity contribution in [2.24, 2.45) is 0 Å². The molecule has 8 nitrogen and oxygen atoms in total. The van der Waals surface area contributed by atoms with Crippen LogP contribution in [0.1, 0.15) is 19.3 Å². The summed E-state index contributed by atoms with van der Waals surface area (Å²) >= 11 is 0. The molecule has 0 radical (unpaired) electrons. The summed E-state index contributed by atoms with van der Waals surface area (Å²) in [7, 11) is 1.60. The molecule has 0 aromatic rings. The van der Waals surface area contributed by atoms with Crippen LogP contribution < -0.4 is 5.32 Å². The number of amides is 2. The van der Waals surface area contributed by atoms with Gasteiger partial charge in [0.2, 0.25) is 0 Å². The Balaban J connectivity index is 2.48. The van der Waals surface area contributed by atoms with Gasteiger partial charge >= 0.3 is 18.0 Å². The van der Waals surface area contributed by atoms with Gasteiger partial charge in [-0.2, -0.15) is 0 Å². The number of methoxy groups -OCH3 is 1. The zero-order valence-corrected chi connectivity index (χ0v) is 10.7. The highest BCUT2D eigenvalue weighted by molar-refractivity contribution is 5.86. The van der Waals surface area contributed by atoms with Gasteiger partial charge in [-0.15, -0.1) is 0 Å². The van der Waals surface area contributed by atoms with Gasteiger partial charge in [0.15, 0.2) is 0 Å². The van der Waals surface area contributed by atoms with Gasteiger partial charge in [-0.3, -0.25) is 4.79 Å². The molecule has 0 saturated carbocycles. The molecular formula is C11H18N2O6. The molecular weight excluding hydrogens is 256 g/mol. The number of ether oxygens (including phenoxy) is 1. The van der Waals surface area contributed by atoms with Gasteiger partial charge in [-0.25, -0.2) is 9.59 Å². The third kappa shape index (κ3) is 4.74. The summed E-state index contributed by atoms with van der Waals surface area (Å²) in [5.74, 6) is -2.63. The molecule has 1 rings (SSSR count). The topological polar surface area (TPSA) is 116 Å². The lowest BCUT2D eigenvalue weighted by molar-refractivity contribution is -0.145. The van der Waals surface area contributed by atoms with Crippen LogP contribution >= 0.6 is 0 Å². The van der Waals surface area contributed by atoms with Crippen LogP contribution in [-0.2, 0) is 14.3 Å². The Kier molecular flexibility index (Phi) is 5.56. The van der Waals surface area contributed by atoms with Crippen LogP contribution in [-0.4, -0.2) is 65.4 Å². The minimum Gasteiger partial charge on any atom is -0.481 e. The molecule has 0 bridgehead atoms. The number of nitrogens with zero attached hydrogens (tertiary/aromatic N) is 1. The van der Waals surface area contributed by atoms with E-state index in [1.807, 2.05) is 0 Å². The van der Waals surface area contributed by atoms with Crippen LogP contribution in [0.5, 0.6) is 0 Å². The molecule has 1 saturated heterocycles. The number of hydrogen-bond acceptors (Lipinski definition) is 4. The Labute approximate surface area is 110 Å². The lowest BCUT2D eigenvalue weighted by Gasteiger charge is -2.31. The van der Waals surface area contributed by atoms with E-state index >= 15 is 0 Å². The highest BCUT2D eigenvalue weighted by Gasteiger charge is 2.27. The van der Waals surface area contributed by atoms with Gasteiger partial charge in [-0.05, 0) is 12.8 Å². The number of rotatable bonds is 5. The average Bonchev–Trinajstić information content (AvgIpc) is 2.37. The molecule has 1 aliphatic heterocycles. The van der Waals surface area contributed by atoms with E-state index in [9.17, 15) is 14.4 Å². The van der Waals surface area contributed by atoms with Gasteiger partial charge in [0, 0.05) is 20.2 Å². The predicted molar refractivity (Wildman–Crippen MR) is 63.8 cm³/mol. The van der Waals surface area contributed by atoms with Crippen molar-refractivity contribution in [3.05, 3.63) is 0 Å². The third-order valence-electron chi connectivity index (χ3n) is 3.04. The molecule has 0 spiro atoms. The molecule has 3 N–H and O–H groups in total. The third-order valence-corrected chi connectivity index (χ3v) is 3.04. The van der Waals surface area contributed by atoms with Crippen molar-refractivity contribution in [2.75, 3.05) is 20.2 Å². The van der Waals surface area contributed by atoms with E-state index in [1.54, 1.807) is 7.11 Å². The second-order valence-corrected chi connectivity index (χ2v) is 4.36. The van der Waals surface area contributed by atoms with Crippen LogP contribution in [0.4, 0.5) is 4.79 Å². The van der Waals surface area contributed by atoms with E-state index in [2.05, 4.69) is 5.32 Å². The number of urea groups is 1. The largest absolute Gasteiger partial charge is 0.481 e. The first kappa shape index (κ1) is 15.2. The Hall–Kier alpha value is -1.83. The highest BCUT2D eigenvalue weighted by atomic mass is 16.5. The van der Waals surface area contributed by atoms with Crippen molar-refractivity contribution < 1.29 is 29.3 Å². The summed E-state index contributed by atoms with van der Waals surface area (Å²) in [6, 6.07) is -1.96. The number of carboxylic acids is 2. The smallest absolute Gasteiger partial charge is 0.326 e. The van der Waals surface area contributed by atoms with E-state index in [1.165, 1.54) is 4.90 Å². The number of aliphatic carboxylic acids is 2. The van der Waals surface area contributed by atoms with E-state index in [0.29, 0.717) is 25.9 Å². The van der Waals surface area contributed by atoms with Gasteiger partial charge < -0.3 is 25.2 Å². The van der Waals surface area contributed by atoms with E-state index in [-0.39, 0.29) is 6.10 Å². The lowest BCUT2D eigenvalue weighted by Crippen LogP contribution is -2.51. The van der Waals surface area contributed by atoms with Crippen LogP contribution in [0.25, 0.3) is 0 Å². The first-order chi connectivity index (χ1) is 8.93. The molecule has 8 heteroatoms. The average molecular weight is 274 g/mol. The number of hydrogen-bond donors (Lipinski definition) is 3. The molecule has 0 aromatic heterocycles. The fourth-order valence-electron chi connectivity index (χ4n) is 1.91. The molecule has 0 unspecified atom stereocenters. The molecule has 0 aromatic carbocycles. The minimum atomic E-state index is -1.41. The SMILES string of the molecule is COC1CCN(C(=O)N[C@H](CC(=O)O)C(=O)O)CC1. The molecule has 0 aliphatic carbocycles. The van der Waals surface area contributed by atoms with Crippen molar-refractivity contribution in [2.45, 2.75) is 31.4 Å². The van der Waals surface area contributed by atoms with Crippen LogP contribution in [0.15, 0.2) is 0 Å². The van der Waals surface area contributed by atoms with Crippen molar-refractivity contribution in [3.63, 3.8) is 0 Å². The van der Waals surface area contributed by atoms with Gasteiger partial charge in [-0.1, -0.05) is 0 Å². The monoisotopic (exact) mass is 274 g/mol. The van der Waals surface area contributed by atoms with Crippen LogP contribution in [0.3, 0.4) is 0 Å².